The summed E-state index contributed by atoms with van der Waals surface area (Å²) in [5.41, 5.74) is 1.13. The smallest absolute Gasteiger partial charge is 0.367 e. The van der Waals surface area contributed by atoms with E-state index in [0.717, 1.165) is 11.3 Å². The molecule has 1 aromatic carbocycles. The van der Waals surface area contributed by atoms with E-state index in [1.807, 2.05) is 0 Å². The van der Waals surface area contributed by atoms with Crippen LogP contribution in [-0.2, 0) is 20.9 Å². The molecule has 0 atom stereocenters. The highest BCUT2D eigenvalue weighted by Crippen LogP contribution is 2.22. The summed E-state index contributed by atoms with van der Waals surface area (Å²) < 4.78 is 9.91. The molecule has 0 fully saturated rings. The van der Waals surface area contributed by atoms with E-state index in [4.69, 9.17) is 32.7 Å². The van der Waals surface area contributed by atoms with Gasteiger partial charge in [-0.3, -0.25) is 0 Å². The number of esters is 2. The summed E-state index contributed by atoms with van der Waals surface area (Å²) in [6.45, 7) is 1.96. The van der Waals surface area contributed by atoms with Crippen molar-refractivity contribution in [2.45, 2.75) is 13.5 Å². The van der Waals surface area contributed by atoms with Crippen molar-refractivity contribution in [2.24, 2.45) is 0 Å². The minimum Gasteiger partial charge on any atom is -0.461 e. The lowest BCUT2D eigenvalue weighted by Crippen LogP contribution is -2.05. The van der Waals surface area contributed by atoms with Crippen LogP contribution in [0.25, 0.3) is 6.08 Å². The monoisotopic (exact) mass is 385 g/mol. The Morgan fingerprint density at radius 1 is 1.29 bits per heavy atom. The van der Waals surface area contributed by atoms with Gasteiger partial charge in [-0.05, 0) is 30.7 Å². The number of rotatable bonds is 6. The number of hydrogen-bond acceptors (Lipinski definition) is 6. The normalized spacial score (nSPS) is 10.8. The van der Waals surface area contributed by atoms with Gasteiger partial charge in [-0.1, -0.05) is 29.3 Å². The topological polar surface area (TPSA) is 65.5 Å². The molecule has 8 heteroatoms. The van der Waals surface area contributed by atoms with Gasteiger partial charge in [-0.2, -0.15) is 0 Å². The zero-order valence-electron chi connectivity index (χ0n) is 12.6. The third kappa shape index (κ3) is 5.33. The van der Waals surface area contributed by atoms with Gasteiger partial charge in [0.1, 0.15) is 6.61 Å². The third-order valence-electron chi connectivity index (χ3n) is 2.73. The molecule has 2 rings (SSSR count). The van der Waals surface area contributed by atoms with Gasteiger partial charge in [-0.15, -0.1) is 11.3 Å². The van der Waals surface area contributed by atoms with Crippen molar-refractivity contribution in [3.63, 3.8) is 0 Å². The van der Waals surface area contributed by atoms with E-state index in [0.29, 0.717) is 21.3 Å². The molecule has 24 heavy (non-hydrogen) atoms. The fraction of sp³-hybridized carbons (Fsp3) is 0.188. The van der Waals surface area contributed by atoms with Crippen LogP contribution in [0.15, 0.2) is 29.7 Å². The van der Waals surface area contributed by atoms with E-state index in [2.05, 4.69) is 4.98 Å². The molecule has 0 aliphatic rings. The van der Waals surface area contributed by atoms with Gasteiger partial charge in [0.15, 0.2) is 0 Å². The van der Waals surface area contributed by atoms with Crippen molar-refractivity contribution in [3.05, 3.63) is 56.0 Å². The van der Waals surface area contributed by atoms with E-state index in [9.17, 15) is 9.59 Å². The maximum Gasteiger partial charge on any atom is 0.367 e. The van der Waals surface area contributed by atoms with Gasteiger partial charge in [-0.25, -0.2) is 14.6 Å². The number of benzene rings is 1. The molecule has 1 heterocycles. The predicted octanol–water partition coefficient (Wildman–Crippen LogP) is 4.38. The molecule has 0 bridgehead atoms. The fourth-order valence-corrected chi connectivity index (χ4v) is 2.81. The van der Waals surface area contributed by atoms with Crippen molar-refractivity contribution < 1.29 is 19.1 Å². The van der Waals surface area contributed by atoms with Crippen LogP contribution in [-0.4, -0.2) is 23.5 Å². The van der Waals surface area contributed by atoms with E-state index >= 15 is 0 Å². The Bertz CT molecular complexity index is 773. The van der Waals surface area contributed by atoms with Crippen LogP contribution in [0, 0.1) is 0 Å². The summed E-state index contributed by atoms with van der Waals surface area (Å²) in [7, 11) is 0. The van der Waals surface area contributed by atoms with E-state index < -0.39 is 11.9 Å². The van der Waals surface area contributed by atoms with Crippen molar-refractivity contribution >= 4 is 52.6 Å². The minimum absolute atomic E-state index is 0.0343. The molecule has 0 aliphatic heterocycles. The van der Waals surface area contributed by atoms with Crippen molar-refractivity contribution in [3.8, 4) is 0 Å². The molecular weight excluding hydrogens is 373 g/mol. The molecule has 5 nitrogen and oxygen atoms in total. The van der Waals surface area contributed by atoms with E-state index in [-0.39, 0.29) is 18.2 Å². The average Bonchev–Trinajstić information content (AvgIpc) is 3.01. The van der Waals surface area contributed by atoms with E-state index in [1.165, 1.54) is 12.2 Å². The summed E-state index contributed by atoms with van der Waals surface area (Å²) >= 11 is 12.9. The van der Waals surface area contributed by atoms with Crippen LogP contribution in [0.5, 0.6) is 0 Å². The second-order valence-electron chi connectivity index (χ2n) is 4.47. The molecule has 0 aliphatic carbocycles. The van der Waals surface area contributed by atoms with Crippen LogP contribution in [0.4, 0.5) is 0 Å². The van der Waals surface area contributed by atoms with Crippen LogP contribution in [0.3, 0.4) is 0 Å². The highest BCUT2D eigenvalue weighted by atomic mass is 35.5. The fourth-order valence-electron chi connectivity index (χ4n) is 1.65. The third-order valence-corrected chi connectivity index (χ3v) is 4.16. The second kappa shape index (κ2) is 8.82. The molecule has 1 aromatic heterocycles. The minimum atomic E-state index is -0.549. The molecule has 126 valence electrons. The molecule has 0 N–H and O–H groups in total. The molecule has 0 unspecified atom stereocenters. The first-order chi connectivity index (χ1) is 11.5. The number of aromatic nitrogens is 1. The quantitative estimate of drug-likeness (QED) is 0.545. The lowest BCUT2D eigenvalue weighted by Gasteiger charge is -2.00. The summed E-state index contributed by atoms with van der Waals surface area (Å²) in [5, 5.41) is 2.82. The van der Waals surface area contributed by atoms with Gasteiger partial charge in [0.05, 0.1) is 12.3 Å². The molecule has 2 aromatic rings. The molecule has 0 amide bonds. The Balaban J connectivity index is 1.89. The second-order valence-corrected chi connectivity index (χ2v) is 6.17. The molecule has 0 radical (unpaired) electrons. The number of thiazole rings is 1. The lowest BCUT2D eigenvalue weighted by molar-refractivity contribution is -0.139. The standard InChI is InChI=1S/C16H13Cl2NO4S/c1-2-22-16(21)15-19-12(9-24-15)8-23-14(20)6-4-10-3-5-11(17)7-13(10)18/h3-7,9H,2,8H2,1H3/b6-4+. The highest BCUT2D eigenvalue weighted by molar-refractivity contribution is 7.11. The maximum absolute atomic E-state index is 11.7. The number of halogens is 2. The molecular formula is C16H13Cl2NO4S. The van der Waals surface area contributed by atoms with Gasteiger partial charge in [0.25, 0.3) is 0 Å². The van der Waals surface area contributed by atoms with Crippen LogP contribution >= 0.6 is 34.5 Å². The largest absolute Gasteiger partial charge is 0.461 e. The van der Waals surface area contributed by atoms with E-state index in [1.54, 1.807) is 30.5 Å². The van der Waals surface area contributed by atoms with Crippen molar-refractivity contribution in [1.29, 1.82) is 0 Å². The first-order valence-corrected chi connectivity index (χ1v) is 8.54. The Kier molecular flexibility index (Phi) is 6.78. The average molecular weight is 386 g/mol. The number of carbonyl (C=O) groups excluding carboxylic acids is 2. The first kappa shape index (κ1) is 18.4. The van der Waals surface area contributed by atoms with Crippen LogP contribution in [0.2, 0.25) is 10.0 Å². The van der Waals surface area contributed by atoms with Gasteiger partial charge >= 0.3 is 11.9 Å². The lowest BCUT2D eigenvalue weighted by atomic mass is 10.2. The summed E-state index contributed by atoms with van der Waals surface area (Å²) in [5.74, 6) is -1.04. The number of ether oxygens (including phenoxy) is 2. The summed E-state index contributed by atoms with van der Waals surface area (Å²) in [6, 6.07) is 4.95. The number of hydrogen-bond donors (Lipinski definition) is 0. The molecule has 0 spiro atoms. The Morgan fingerprint density at radius 3 is 2.79 bits per heavy atom. The maximum atomic E-state index is 11.7. The Labute approximate surface area is 152 Å². The van der Waals surface area contributed by atoms with Gasteiger partial charge < -0.3 is 9.47 Å². The predicted molar refractivity (Wildman–Crippen MR) is 93.4 cm³/mol. The number of nitrogens with zero attached hydrogens (tertiary/aromatic N) is 1. The van der Waals surface area contributed by atoms with Crippen LogP contribution < -0.4 is 0 Å². The van der Waals surface area contributed by atoms with Gasteiger partial charge in [0, 0.05) is 21.5 Å². The molecule has 0 saturated heterocycles. The molecule has 0 saturated carbocycles. The Hall–Kier alpha value is -1.89. The van der Waals surface area contributed by atoms with Crippen LogP contribution in [0.1, 0.15) is 28.0 Å². The van der Waals surface area contributed by atoms with Gasteiger partial charge in [0.2, 0.25) is 5.01 Å². The highest BCUT2D eigenvalue weighted by Gasteiger charge is 2.12. The summed E-state index contributed by atoms with van der Waals surface area (Å²) in [6.07, 6.45) is 2.79. The summed E-state index contributed by atoms with van der Waals surface area (Å²) in [4.78, 5) is 27.3. The zero-order valence-corrected chi connectivity index (χ0v) is 15.0. The Morgan fingerprint density at radius 2 is 2.08 bits per heavy atom. The zero-order chi connectivity index (χ0) is 17.5. The van der Waals surface area contributed by atoms with Crippen molar-refractivity contribution in [1.82, 2.24) is 4.98 Å². The number of carbonyl (C=O) groups is 2. The SMILES string of the molecule is CCOC(=O)c1nc(COC(=O)/C=C/c2ccc(Cl)cc2Cl)cs1. The first-order valence-electron chi connectivity index (χ1n) is 6.91. The van der Waals surface area contributed by atoms with Crippen molar-refractivity contribution in [2.75, 3.05) is 6.61 Å².